The molecule has 1 aromatic carbocycles. The lowest BCUT2D eigenvalue weighted by molar-refractivity contribution is -0.143. The van der Waals surface area contributed by atoms with Gasteiger partial charge in [0.15, 0.2) is 5.78 Å². The molecule has 0 unspecified atom stereocenters. The summed E-state index contributed by atoms with van der Waals surface area (Å²) in [6.07, 6.45) is 1.63. The number of benzene rings is 1. The van der Waals surface area contributed by atoms with Crippen molar-refractivity contribution in [3.8, 4) is 5.75 Å². The minimum Gasteiger partial charge on any atom is -0.496 e. The van der Waals surface area contributed by atoms with E-state index in [0.717, 1.165) is 23.7 Å². The molecular formula is C30H40N4O6. The summed E-state index contributed by atoms with van der Waals surface area (Å²) in [7, 11) is 1.57. The van der Waals surface area contributed by atoms with Crippen molar-refractivity contribution in [2.75, 3.05) is 20.3 Å². The molecule has 10 nitrogen and oxygen atoms in total. The highest BCUT2D eigenvalue weighted by Gasteiger charge is 2.70. The number of aliphatic hydroxyl groups excluding tert-OH is 1. The summed E-state index contributed by atoms with van der Waals surface area (Å²) < 4.78 is 5.41. The maximum atomic E-state index is 14.0. The number of carbonyl (C=O) groups is 4. The fraction of sp³-hybridized carbons (Fsp3) is 0.600. The van der Waals surface area contributed by atoms with Crippen LogP contribution >= 0.6 is 0 Å². The van der Waals surface area contributed by atoms with Gasteiger partial charge in [-0.05, 0) is 59.6 Å². The Labute approximate surface area is 234 Å². The third-order valence-electron chi connectivity index (χ3n) is 9.13. The Bertz CT molecular complexity index is 1350. The molecule has 216 valence electrons. The molecule has 2 saturated carbocycles. The predicted molar refractivity (Wildman–Crippen MR) is 149 cm³/mol. The second kappa shape index (κ2) is 9.90. The molecule has 2 aliphatic carbocycles. The molecule has 4 N–H and O–H groups in total. The summed E-state index contributed by atoms with van der Waals surface area (Å²) >= 11 is 0. The Morgan fingerprint density at radius 2 is 1.88 bits per heavy atom. The second-order valence-electron chi connectivity index (χ2n) is 13.2. The minimum atomic E-state index is -0.888. The SMILES string of the molecule is COc1cccc2[nH]c(C(=O)N[C@H](C(=O)N3C[C@H]4[C@@H]([C@H]3C(=O)N[C@H](C(=O)CO)C(C)(C)C)C4(C)C)C3CC3)cc12. The summed E-state index contributed by atoms with van der Waals surface area (Å²) in [5.41, 5.74) is 0.351. The standard InChI is InChI=1S/C30H40N4O6/c1-29(2,3)25(20(36)14-35)33-27(38)24-22-17(30(22,4)5)13-34(24)28(39)23(15-10-11-15)32-26(37)19-12-16-18(31-19)8-7-9-21(16)40-6/h7-9,12,15,17,22-25,31,35H,10-11,13-14H2,1-6H3,(H,32,37)(H,33,38)/t17-,22-,23-,24-,25+/m0/s1. The first-order chi connectivity index (χ1) is 18.8. The topological polar surface area (TPSA) is 141 Å². The number of carbonyl (C=O) groups excluding carboxylic acids is 4. The molecule has 2 aromatic rings. The molecule has 5 rings (SSSR count). The summed E-state index contributed by atoms with van der Waals surface area (Å²) in [5, 5.41) is 16.1. The van der Waals surface area contributed by atoms with Crippen molar-refractivity contribution < 1.29 is 29.0 Å². The maximum absolute atomic E-state index is 14.0. The number of nitrogens with one attached hydrogen (secondary N) is 3. The Kier molecular flexibility index (Phi) is 6.97. The molecule has 1 saturated heterocycles. The fourth-order valence-corrected chi connectivity index (χ4v) is 6.55. The van der Waals surface area contributed by atoms with Crippen LogP contribution in [0.3, 0.4) is 0 Å². The van der Waals surface area contributed by atoms with E-state index in [1.165, 1.54) is 0 Å². The first-order valence-corrected chi connectivity index (χ1v) is 14.0. The van der Waals surface area contributed by atoms with Gasteiger partial charge in [-0.1, -0.05) is 40.7 Å². The van der Waals surface area contributed by atoms with E-state index in [9.17, 15) is 24.3 Å². The van der Waals surface area contributed by atoms with Gasteiger partial charge in [0.05, 0.1) is 13.2 Å². The zero-order valence-corrected chi connectivity index (χ0v) is 24.0. The second-order valence-corrected chi connectivity index (χ2v) is 13.2. The smallest absolute Gasteiger partial charge is 0.268 e. The molecule has 10 heteroatoms. The lowest BCUT2D eigenvalue weighted by atomic mass is 9.84. The third-order valence-corrected chi connectivity index (χ3v) is 9.13. The number of nitrogens with zero attached hydrogens (tertiary/aromatic N) is 1. The van der Waals surface area contributed by atoms with E-state index < -0.39 is 47.7 Å². The number of rotatable bonds is 9. The number of aromatic nitrogens is 1. The molecular weight excluding hydrogens is 512 g/mol. The van der Waals surface area contributed by atoms with Crippen LogP contribution < -0.4 is 15.4 Å². The van der Waals surface area contributed by atoms with E-state index in [4.69, 9.17) is 4.74 Å². The molecule has 1 aromatic heterocycles. The van der Waals surface area contributed by atoms with E-state index in [2.05, 4.69) is 29.5 Å². The quantitative estimate of drug-likeness (QED) is 0.376. The summed E-state index contributed by atoms with van der Waals surface area (Å²) in [5.74, 6) is -0.767. The van der Waals surface area contributed by atoms with Crippen LogP contribution in [0.2, 0.25) is 0 Å². The molecule has 5 atom stereocenters. The molecule has 2 heterocycles. The summed E-state index contributed by atoms with van der Waals surface area (Å²) in [4.78, 5) is 58.3. The largest absolute Gasteiger partial charge is 0.496 e. The normalized spacial score (nSPS) is 24.7. The number of ether oxygens (including phenoxy) is 1. The Morgan fingerprint density at radius 3 is 2.48 bits per heavy atom. The minimum absolute atomic E-state index is 0.00213. The number of aromatic amines is 1. The van der Waals surface area contributed by atoms with Crippen molar-refractivity contribution in [1.29, 1.82) is 0 Å². The van der Waals surface area contributed by atoms with Gasteiger partial charge in [-0.25, -0.2) is 0 Å². The zero-order valence-electron chi connectivity index (χ0n) is 24.0. The number of H-pyrrole nitrogens is 1. The Hall–Kier alpha value is -3.40. The highest BCUT2D eigenvalue weighted by molar-refractivity contribution is 6.02. The molecule has 0 bridgehead atoms. The molecule has 3 fully saturated rings. The van der Waals surface area contributed by atoms with E-state index in [-0.39, 0.29) is 29.1 Å². The molecule has 40 heavy (non-hydrogen) atoms. The van der Waals surface area contributed by atoms with Crippen LogP contribution in [0.15, 0.2) is 24.3 Å². The van der Waals surface area contributed by atoms with Gasteiger partial charge >= 0.3 is 0 Å². The van der Waals surface area contributed by atoms with Crippen molar-refractivity contribution in [1.82, 2.24) is 20.5 Å². The van der Waals surface area contributed by atoms with Gasteiger partial charge in [0.25, 0.3) is 5.91 Å². The highest BCUT2D eigenvalue weighted by atomic mass is 16.5. The van der Waals surface area contributed by atoms with E-state index in [0.29, 0.717) is 18.0 Å². The van der Waals surface area contributed by atoms with Crippen LogP contribution in [0.1, 0.15) is 57.9 Å². The van der Waals surface area contributed by atoms with Gasteiger partial charge in [0.1, 0.15) is 30.1 Å². The van der Waals surface area contributed by atoms with Gasteiger partial charge in [0.2, 0.25) is 11.8 Å². The maximum Gasteiger partial charge on any atom is 0.268 e. The number of likely N-dealkylation sites (tertiary alicyclic amines) is 1. The Balaban J connectivity index is 1.37. The average Bonchev–Trinajstić information content (AvgIpc) is 3.68. The monoisotopic (exact) mass is 552 g/mol. The molecule has 1 aliphatic heterocycles. The van der Waals surface area contributed by atoms with Crippen molar-refractivity contribution >= 4 is 34.4 Å². The zero-order chi connectivity index (χ0) is 29.1. The number of aliphatic hydroxyl groups is 1. The molecule has 0 radical (unpaired) electrons. The van der Waals surface area contributed by atoms with Crippen LogP contribution in [-0.4, -0.2) is 76.9 Å². The molecule has 3 aliphatic rings. The van der Waals surface area contributed by atoms with Gasteiger partial charge in [-0.3, -0.25) is 19.2 Å². The first kappa shape index (κ1) is 28.1. The summed E-state index contributed by atoms with van der Waals surface area (Å²) in [6, 6.07) is 4.82. The number of ketones is 1. The van der Waals surface area contributed by atoms with E-state index in [1.807, 2.05) is 39.0 Å². The highest BCUT2D eigenvalue weighted by Crippen LogP contribution is 2.65. The van der Waals surface area contributed by atoms with Crippen molar-refractivity contribution in [3.05, 3.63) is 30.0 Å². The van der Waals surface area contributed by atoms with Crippen molar-refractivity contribution in [3.63, 3.8) is 0 Å². The van der Waals surface area contributed by atoms with Crippen LogP contribution in [0.25, 0.3) is 10.9 Å². The predicted octanol–water partition coefficient (Wildman–Crippen LogP) is 2.26. The van der Waals surface area contributed by atoms with E-state index >= 15 is 0 Å². The third kappa shape index (κ3) is 4.87. The fourth-order valence-electron chi connectivity index (χ4n) is 6.55. The number of hydrogen-bond donors (Lipinski definition) is 4. The van der Waals surface area contributed by atoms with Gasteiger partial charge in [0, 0.05) is 17.4 Å². The number of fused-ring (bicyclic) bond motifs is 2. The van der Waals surface area contributed by atoms with Crippen LogP contribution in [0.4, 0.5) is 0 Å². The van der Waals surface area contributed by atoms with Crippen molar-refractivity contribution in [2.45, 2.75) is 65.6 Å². The number of methoxy groups -OCH3 is 1. The van der Waals surface area contributed by atoms with Gasteiger partial charge in [-0.15, -0.1) is 0 Å². The molecule has 0 spiro atoms. The van der Waals surface area contributed by atoms with E-state index in [1.54, 1.807) is 18.1 Å². The van der Waals surface area contributed by atoms with Crippen LogP contribution in [0.5, 0.6) is 5.75 Å². The number of amides is 3. The van der Waals surface area contributed by atoms with Crippen LogP contribution in [0, 0.1) is 28.6 Å². The lowest BCUT2D eigenvalue weighted by Gasteiger charge is -2.36. The lowest BCUT2D eigenvalue weighted by Crippen LogP contribution is -2.59. The van der Waals surface area contributed by atoms with Gasteiger partial charge < -0.3 is 30.4 Å². The average molecular weight is 553 g/mol. The number of hydrogen-bond acceptors (Lipinski definition) is 6. The van der Waals surface area contributed by atoms with Crippen LogP contribution in [-0.2, 0) is 14.4 Å². The number of Topliss-reactive ketones (excluding diaryl/α,β-unsaturated/α-hetero) is 1. The van der Waals surface area contributed by atoms with Crippen molar-refractivity contribution in [2.24, 2.45) is 28.6 Å². The summed E-state index contributed by atoms with van der Waals surface area (Å²) in [6.45, 7) is 9.40. The first-order valence-electron chi connectivity index (χ1n) is 14.0. The van der Waals surface area contributed by atoms with Gasteiger partial charge in [-0.2, -0.15) is 0 Å². The Morgan fingerprint density at radius 1 is 1.18 bits per heavy atom. The molecule has 3 amide bonds. The number of piperidine rings is 1.